The molecule has 40 heavy (non-hydrogen) atoms. The second-order valence-electron chi connectivity index (χ2n) is 10.9. The van der Waals surface area contributed by atoms with E-state index in [4.69, 9.17) is 14.2 Å². The highest BCUT2D eigenvalue weighted by atomic mass is 32.2. The molecule has 2 saturated carbocycles. The number of benzene rings is 1. The Morgan fingerprint density at radius 3 is 2.75 bits per heavy atom. The summed E-state index contributed by atoms with van der Waals surface area (Å²) in [4.78, 5) is 9.20. The molecule has 1 saturated heterocycles. The number of aliphatic hydroxyl groups excluding tert-OH is 1. The molecular weight excluding hydrogens is 546 g/mol. The summed E-state index contributed by atoms with van der Waals surface area (Å²) in [6.07, 6.45) is 0.757. The lowest BCUT2D eigenvalue weighted by Gasteiger charge is -2.23. The van der Waals surface area contributed by atoms with Gasteiger partial charge in [-0.25, -0.2) is 18.4 Å². The molecule has 3 heterocycles. The van der Waals surface area contributed by atoms with Crippen LogP contribution >= 0.6 is 0 Å². The van der Waals surface area contributed by atoms with E-state index < -0.39 is 34.3 Å². The molecule has 0 spiro atoms. The van der Waals surface area contributed by atoms with Crippen molar-refractivity contribution in [2.45, 2.75) is 87.3 Å². The molecule has 2 aromatic heterocycles. The molecule has 2 N–H and O–H groups in total. The Balaban J connectivity index is 1.34. The molecule has 14 heteroatoms. The van der Waals surface area contributed by atoms with Crippen LogP contribution in [-0.2, 0) is 25.0 Å². The maximum Gasteiger partial charge on any atom is 0.222 e. The lowest BCUT2D eigenvalue weighted by atomic mass is 10.1. The van der Waals surface area contributed by atoms with Gasteiger partial charge in [0.1, 0.15) is 12.2 Å². The minimum absolute atomic E-state index is 0.0361. The Morgan fingerprint density at radius 1 is 1.20 bits per heavy atom. The molecular formula is C26H32F2N6O5S. The van der Waals surface area contributed by atoms with E-state index >= 15 is 0 Å². The van der Waals surface area contributed by atoms with E-state index in [1.807, 2.05) is 20.8 Å². The van der Waals surface area contributed by atoms with Gasteiger partial charge >= 0.3 is 0 Å². The monoisotopic (exact) mass is 578 g/mol. The molecule has 11 nitrogen and oxygen atoms in total. The summed E-state index contributed by atoms with van der Waals surface area (Å²) >= 11 is 0. The van der Waals surface area contributed by atoms with Crippen molar-refractivity contribution in [1.29, 1.82) is 0 Å². The van der Waals surface area contributed by atoms with E-state index in [9.17, 15) is 18.1 Å². The fraction of sp³-hybridized carbons (Fsp3) is 0.615. The van der Waals surface area contributed by atoms with Gasteiger partial charge in [-0.1, -0.05) is 18.2 Å². The second-order valence-corrected chi connectivity index (χ2v) is 12.3. The summed E-state index contributed by atoms with van der Waals surface area (Å²) < 4.78 is 60.2. The molecule has 0 bridgehead atoms. The SMILES string of the molecule is CCCS(=O)c1nc(NC2CC2c2ccc(F)c(F)c2)c2nnn(C3CC(OCCO)C4OC(C)(C)OC43)c2n1. The fourth-order valence-electron chi connectivity index (χ4n) is 5.67. The summed E-state index contributed by atoms with van der Waals surface area (Å²) in [6.45, 7) is 5.65. The predicted octanol–water partition coefficient (Wildman–Crippen LogP) is 2.83. The summed E-state index contributed by atoms with van der Waals surface area (Å²) in [5, 5.41) is 21.6. The number of hydrogen-bond acceptors (Lipinski definition) is 10. The second kappa shape index (κ2) is 10.6. The van der Waals surface area contributed by atoms with Gasteiger partial charge < -0.3 is 24.6 Å². The van der Waals surface area contributed by atoms with Gasteiger partial charge in [0.25, 0.3) is 0 Å². The van der Waals surface area contributed by atoms with Crippen LogP contribution in [0.4, 0.5) is 14.6 Å². The number of aliphatic hydroxyl groups is 1. The van der Waals surface area contributed by atoms with Gasteiger partial charge in [-0.05, 0) is 44.4 Å². The average molecular weight is 579 g/mol. The number of rotatable bonds is 10. The molecule has 0 radical (unpaired) electrons. The minimum Gasteiger partial charge on any atom is -0.394 e. The minimum atomic E-state index is -1.45. The Kier molecular flexibility index (Phi) is 7.32. The zero-order chi connectivity index (χ0) is 28.2. The van der Waals surface area contributed by atoms with E-state index in [2.05, 4.69) is 25.6 Å². The topological polar surface area (TPSA) is 134 Å². The third kappa shape index (κ3) is 5.11. The highest BCUT2D eigenvalue weighted by Crippen LogP contribution is 2.46. The summed E-state index contributed by atoms with van der Waals surface area (Å²) in [5.74, 6) is -1.86. The van der Waals surface area contributed by atoms with Crippen LogP contribution in [0, 0.1) is 11.6 Å². The molecule has 0 amide bonds. The van der Waals surface area contributed by atoms with Crippen molar-refractivity contribution in [1.82, 2.24) is 25.0 Å². The van der Waals surface area contributed by atoms with Crippen LogP contribution in [0.5, 0.6) is 0 Å². The molecule has 1 aliphatic heterocycles. The summed E-state index contributed by atoms with van der Waals surface area (Å²) in [5.41, 5.74) is 1.50. The van der Waals surface area contributed by atoms with Crippen molar-refractivity contribution in [3.63, 3.8) is 0 Å². The lowest BCUT2D eigenvalue weighted by Crippen LogP contribution is -2.31. The predicted molar refractivity (Wildman–Crippen MR) is 140 cm³/mol. The van der Waals surface area contributed by atoms with E-state index in [-0.39, 0.29) is 48.6 Å². The van der Waals surface area contributed by atoms with E-state index in [1.54, 1.807) is 10.7 Å². The lowest BCUT2D eigenvalue weighted by molar-refractivity contribution is -0.171. The first-order chi connectivity index (χ1) is 19.2. The standard InChI is InChI=1S/C26H32F2N6O5S/c1-4-9-40(36)25-30-23(29-17-11-14(17)13-5-6-15(27)16(28)10-13)20-24(31-25)34(33-32-20)18-12-19(37-8-7-35)22-21(18)38-26(2,3)39-22/h5-6,10,14,17-19,21-22,35H,4,7-9,11-12H2,1-3H3,(H,29,30,31). The van der Waals surface area contributed by atoms with Crippen LogP contribution < -0.4 is 5.32 Å². The number of anilines is 1. The van der Waals surface area contributed by atoms with Gasteiger partial charge in [0.2, 0.25) is 5.16 Å². The van der Waals surface area contributed by atoms with Crippen molar-refractivity contribution in [2.75, 3.05) is 24.3 Å². The quantitative estimate of drug-likeness (QED) is 0.346. The van der Waals surface area contributed by atoms with Gasteiger partial charge in [0.15, 0.2) is 34.4 Å². The van der Waals surface area contributed by atoms with E-state index in [0.29, 0.717) is 47.6 Å². The van der Waals surface area contributed by atoms with Crippen molar-refractivity contribution < 1.29 is 32.3 Å². The molecule has 3 fully saturated rings. The zero-order valence-electron chi connectivity index (χ0n) is 22.4. The number of hydrogen-bond donors (Lipinski definition) is 2. The smallest absolute Gasteiger partial charge is 0.222 e. The first-order valence-electron chi connectivity index (χ1n) is 13.5. The van der Waals surface area contributed by atoms with Crippen LogP contribution in [0.25, 0.3) is 11.2 Å². The van der Waals surface area contributed by atoms with Crippen molar-refractivity contribution >= 4 is 27.8 Å². The Labute approximate surface area is 232 Å². The number of halogens is 2. The molecule has 7 atom stereocenters. The molecule has 216 valence electrons. The molecule has 2 aliphatic carbocycles. The van der Waals surface area contributed by atoms with E-state index in [1.165, 1.54) is 6.07 Å². The largest absolute Gasteiger partial charge is 0.394 e. The third-order valence-corrected chi connectivity index (χ3v) is 8.87. The third-order valence-electron chi connectivity index (χ3n) is 7.50. The van der Waals surface area contributed by atoms with Crippen molar-refractivity contribution in [2.24, 2.45) is 0 Å². The van der Waals surface area contributed by atoms with Crippen molar-refractivity contribution in [3.05, 3.63) is 35.4 Å². The number of nitrogens with zero attached hydrogens (tertiary/aromatic N) is 5. The number of fused-ring (bicyclic) bond motifs is 2. The first-order valence-corrected chi connectivity index (χ1v) is 14.8. The molecule has 7 unspecified atom stereocenters. The number of ether oxygens (including phenoxy) is 3. The fourth-order valence-corrected chi connectivity index (χ4v) is 6.60. The Morgan fingerprint density at radius 2 is 2.00 bits per heavy atom. The van der Waals surface area contributed by atoms with Crippen LogP contribution in [0.1, 0.15) is 57.6 Å². The van der Waals surface area contributed by atoms with Crippen LogP contribution in [-0.4, -0.2) is 83.4 Å². The highest BCUT2D eigenvalue weighted by molar-refractivity contribution is 7.84. The van der Waals surface area contributed by atoms with Gasteiger partial charge in [0, 0.05) is 24.1 Å². The van der Waals surface area contributed by atoms with Gasteiger partial charge in [-0.15, -0.1) is 5.10 Å². The summed E-state index contributed by atoms with van der Waals surface area (Å²) in [7, 11) is -1.45. The highest BCUT2D eigenvalue weighted by Gasteiger charge is 2.56. The average Bonchev–Trinajstić information content (AvgIpc) is 3.25. The van der Waals surface area contributed by atoms with Gasteiger partial charge in [-0.2, -0.15) is 4.98 Å². The van der Waals surface area contributed by atoms with Crippen LogP contribution in [0.2, 0.25) is 0 Å². The maximum absolute atomic E-state index is 13.8. The number of aromatic nitrogens is 5. The number of nitrogens with one attached hydrogen (secondary N) is 1. The zero-order valence-corrected chi connectivity index (χ0v) is 23.2. The molecule has 3 aliphatic rings. The van der Waals surface area contributed by atoms with Crippen LogP contribution in [0.3, 0.4) is 0 Å². The Bertz CT molecular complexity index is 1440. The molecule has 1 aromatic carbocycles. The van der Waals surface area contributed by atoms with Gasteiger partial charge in [0.05, 0.1) is 36.2 Å². The van der Waals surface area contributed by atoms with Gasteiger partial charge in [-0.3, -0.25) is 4.21 Å². The molecule has 6 rings (SSSR count). The molecule has 3 aromatic rings. The normalized spacial score (nSPS) is 29.6. The summed E-state index contributed by atoms with van der Waals surface area (Å²) in [6, 6.07) is 3.48. The van der Waals surface area contributed by atoms with E-state index in [0.717, 1.165) is 6.07 Å². The Hall–Kier alpha value is -2.65. The van der Waals surface area contributed by atoms with Crippen molar-refractivity contribution in [3.8, 4) is 0 Å². The van der Waals surface area contributed by atoms with Crippen LogP contribution in [0.15, 0.2) is 23.4 Å². The first kappa shape index (κ1) is 27.5. The maximum atomic E-state index is 13.8.